The van der Waals surface area contributed by atoms with E-state index in [1.54, 1.807) is 0 Å². The molecule has 4 nitrogen and oxygen atoms in total. The highest BCUT2D eigenvalue weighted by Gasteiger charge is 2.39. The van der Waals surface area contributed by atoms with Crippen LogP contribution in [0, 0.1) is 5.92 Å². The molecule has 2 bridgehead atoms. The summed E-state index contributed by atoms with van der Waals surface area (Å²) in [6.07, 6.45) is 5.45. The molecule has 2 atom stereocenters. The van der Waals surface area contributed by atoms with Gasteiger partial charge in [0.2, 0.25) is 0 Å². The van der Waals surface area contributed by atoms with Crippen LogP contribution in [0.3, 0.4) is 0 Å². The topological polar surface area (TPSA) is 65.8 Å². The molecule has 0 aliphatic carbocycles. The van der Waals surface area contributed by atoms with Gasteiger partial charge in [0.25, 0.3) is 0 Å². The maximum Gasteiger partial charge on any atom is 0.0353 e. The molecule has 0 spiro atoms. The van der Waals surface area contributed by atoms with Crippen LogP contribution in [-0.2, 0) is 10.8 Å². The van der Waals surface area contributed by atoms with E-state index in [9.17, 15) is 4.21 Å². The zero-order valence-corrected chi connectivity index (χ0v) is 8.95. The van der Waals surface area contributed by atoms with Gasteiger partial charge in [0, 0.05) is 32.8 Å². The van der Waals surface area contributed by atoms with Gasteiger partial charge in [-0.2, -0.15) is 0 Å². The first kappa shape index (κ1) is 9.99. The molecule has 0 saturated carbocycles. The molecule has 0 aromatic carbocycles. The highest BCUT2D eigenvalue weighted by atomic mass is 32.2. The highest BCUT2D eigenvalue weighted by molar-refractivity contribution is 7.86. The third-order valence-electron chi connectivity index (χ3n) is 3.36. The van der Waals surface area contributed by atoms with Crippen LogP contribution in [0.5, 0.6) is 0 Å². The highest BCUT2D eigenvalue weighted by Crippen LogP contribution is 2.39. The van der Waals surface area contributed by atoms with Crippen molar-refractivity contribution in [1.29, 1.82) is 0 Å². The molecule has 0 amide bonds. The number of fused-ring (bicyclic) bond motifs is 2. The summed E-state index contributed by atoms with van der Waals surface area (Å²) < 4.78 is 11.7. The van der Waals surface area contributed by atoms with E-state index in [0.717, 1.165) is 32.1 Å². The van der Waals surface area contributed by atoms with Gasteiger partial charge in [0.1, 0.15) is 0 Å². The predicted octanol–water partition coefficient (Wildman–Crippen LogP) is 2.38. The molecular formula is C9H15N3OS. The van der Waals surface area contributed by atoms with Crippen molar-refractivity contribution in [3.05, 3.63) is 10.4 Å². The number of hydrogen-bond acceptors (Lipinski definition) is 2. The minimum atomic E-state index is -0.550. The maximum atomic E-state index is 11.7. The summed E-state index contributed by atoms with van der Waals surface area (Å²) in [5.74, 6) is 0.649. The molecule has 2 saturated heterocycles. The van der Waals surface area contributed by atoms with E-state index in [4.69, 9.17) is 5.53 Å². The van der Waals surface area contributed by atoms with E-state index >= 15 is 0 Å². The van der Waals surface area contributed by atoms with Crippen LogP contribution in [-0.4, -0.2) is 21.3 Å². The van der Waals surface area contributed by atoms with Crippen LogP contribution in [0.25, 0.3) is 10.4 Å². The van der Waals surface area contributed by atoms with E-state index in [0.29, 0.717) is 23.0 Å². The zero-order chi connectivity index (χ0) is 9.97. The van der Waals surface area contributed by atoms with Gasteiger partial charge in [0.15, 0.2) is 0 Å². The third-order valence-corrected chi connectivity index (χ3v) is 5.53. The molecule has 2 rings (SSSR count). The quantitative estimate of drug-likeness (QED) is 0.403. The Morgan fingerprint density at radius 1 is 1.36 bits per heavy atom. The minimum absolute atomic E-state index is 0.449. The number of nitrogens with zero attached hydrogens (tertiary/aromatic N) is 3. The minimum Gasteiger partial charge on any atom is -0.259 e. The van der Waals surface area contributed by atoms with Gasteiger partial charge in [-0.15, -0.1) is 0 Å². The summed E-state index contributed by atoms with van der Waals surface area (Å²) in [4.78, 5) is 2.75. The average molecular weight is 213 g/mol. The molecule has 0 aromatic rings. The van der Waals surface area contributed by atoms with Gasteiger partial charge in [-0.1, -0.05) is 5.11 Å². The molecule has 2 aliphatic rings. The molecule has 78 valence electrons. The van der Waals surface area contributed by atoms with Gasteiger partial charge in [-0.3, -0.25) is 4.21 Å². The third kappa shape index (κ3) is 1.93. The number of azide groups is 1. The van der Waals surface area contributed by atoms with Crippen LogP contribution in [0.15, 0.2) is 5.11 Å². The summed E-state index contributed by atoms with van der Waals surface area (Å²) in [6.45, 7) is 0.604. The SMILES string of the molecule is [N-]=[N+]=NCCC1CC2CCC(C1)S2=O. The molecule has 0 aromatic heterocycles. The standard InChI is InChI=1S/C9H15N3OS/c10-12-11-4-3-7-5-8-1-2-9(6-7)14(8)13/h7-9H,1-6H2. The second-order valence-corrected chi connectivity index (χ2v) is 6.22. The fraction of sp³-hybridized carbons (Fsp3) is 1.00. The van der Waals surface area contributed by atoms with E-state index < -0.39 is 10.8 Å². The Hall–Kier alpha value is -0.540. The average Bonchev–Trinajstić information content (AvgIpc) is 2.41. The molecule has 5 heteroatoms. The van der Waals surface area contributed by atoms with Gasteiger partial charge in [-0.25, -0.2) is 0 Å². The Morgan fingerprint density at radius 3 is 2.57 bits per heavy atom. The summed E-state index contributed by atoms with van der Waals surface area (Å²) >= 11 is 0. The van der Waals surface area contributed by atoms with Crippen molar-refractivity contribution in [3.8, 4) is 0 Å². The van der Waals surface area contributed by atoms with E-state index in [1.165, 1.54) is 0 Å². The van der Waals surface area contributed by atoms with Crippen molar-refractivity contribution in [1.82, 2.24) is 0 Å². The van der Waals surface area contributed by atoms with Gasteiger partial charge in [0.05, 0.1) is 0 Å². The molecule has 0 radical (unpaired) electrons. The molecule has 0 N–H and O–H groups in total. The lowest BCUT2D eigenvalue weighted by atomic mass is 9.96. The lowest BCUT2D eigenvalue weighted by Gasteiger charge is -2.26. The molecule has 2 unspecified atom stereocenters. The van der Waals surface area contributed by atoms with Crippen molar-refractivity contribution in [2.45, 2.75) is 42.6 Å². The smallest absolute Gasteiger partial charge is 0.0353 e. The Morgan fingerprint density at radius 2 is 2.00 bits per heavy atom. The van der Waals surface area contributed by atoms with Crippen LogP contribution in [0.4, 0.5) is 0 Å². The van der Waals surface area contributed by atoms with Crippen molar-refractivity contribution < 1.29 is 4.21 Å². The fourth-order valence-corrected chi connectivity index (χ4v) is 4.87. The summed E-state index contributed by atoms with van der Waals surface area (Å²) in [5.41, 5.74) is 8.16. The second-order valence-electron chi connectivity index (χ2n) is 4.23. The first-order valence-corrected chi connectivity index (χ1v) is 6.49. The van der Waals surface area contributed by atoms with Crippen molar-refractivity contribution in [3.63, 3.8) is 0 Å². The van der Waals surface area contributed by atoms with Crippen LogP contribution in [0.2, 0.25) is 0 Å². The predicted molar refractivity (Wildman–Crippen MR) is 56.3 cm³/mol. The van der Waals surface area contributed by atoms with Crippen molar-refractivity contribution >= 4 is 10.8 Å². The lowest BCUT2D eigenvalue weighted by Crippen LogP contribution is -2.28. The van der Waals surface area contributed by atoms with Crippen LogP contribution in [0.1, 0.15) is 32.1 Å². The maximum absolute atomic E-state index is 11.7. The van der Waals surface area contributed by atoms with Crippen LogP contribution < -0.4 is 0 Å². The zero-order valence-electron chi connectivity index (χ0n) is 8.13. The van der Waals surface area contributed by atoms with Gasteiger partial charge < -0.3 is 0 Å². The summed E-state index contributed by atoms with van der Waals surface area (Å²) in [7, 11) is -0.550. The van der Waals surface area contributed by atoms with Gasteiger partial charge in [-0.05, 0) is 43.6 Å². The van der Waals surface area contributed by atoms with E-state index in [-0.39, 0.29) is 0 Å². The Kier molecular flexibility index (Phi) is 3.08. The van der Waals surface area contributed by atoms with Crippen molar-refractivity contribution in [2.75, 3.05) is 6.54 Å². The Balaban J connectivity index is 1.86. The van der Waals surface area contributed by atoms with E-state index in [2.05, 4.69) is 10.0 Å². The number of hydrogen-bond donors (Lipinski definition) is 0. The summed E-state index contributed by atoms with van der Waals surface area (Å²) in [5, 5.41) is 4.46. The normalized spacial score (nSPS) is 40.6. The van der Waals surface area contributed by atoms with Crippen LogP contribution >= 0.6 is 0 Å². The Bertz CT molecular complexity index is 272. The second kappa shape index (κ2) is 4.32. The molecule has 2 aliphatic heterocycles. The lowest BCUT2D eigenvalue weighted by molar-refractivity contribution is 0.419. The van der Waals surface area contributed by atoms with E-state index in [1.807, 2.05) is 0 Å². The largest absolute Gasteiger partial charge is 0.259 e. The monoisotopic (exact) mass is 213 g/mol. The number of rotatable bonds is 3. The molecule has 2 fully saturated rings. The molecular weight excluding hydrogens is 198 g/mol. The summed E-state index contributed by atoms with van der Waals surface area (Å²) in [6, 6.07) is 0. The fourth-order valence-electron chi connectivity index (χ4n) is 2.66. The Labute approximate surface area is 86.2 Å². The molecule has 2 heterocycles. The first-order chi connectivity index (χ1) is 6.81. The van der Waals surface area contributed by atoms with Crippen molar-refractivity contribution in [2.24, 2.45) is 11.0 Å². The molecule has 14 heavy (non-hydrogen) atoms. The van der Waals surface area contributed by atoms with Gasteiger partial charge >= 0.3 is 0 Å². The first-order valence-electron chi connectivity index (χ1n) is 5.21.